The third-order valence-electron chi connectivity index (χ3n) is 3.86. The summed E-state index contributed by atoms with van der Waals surface area (Å²) < 4.78 is 27.1. The number of unbranched alkanes of at least 4 members (excludes halogenated alkanes) is 1. The Bertz CT molecular complexity index is 754. The molecular weight excluding hydrogens is 296 g/mol. The molecular formula is C17H24N2O2S. The molecule has 0 saturated carbocycles. The quantitative estimate of drug-likeness (QED) is 0.820. The lowest BCUT2D eigenvalue weighted by Gasteiger charge is -2.20. The number of hydrogen-bond donors (Lipinski definition) is 0. The third kappa shape index (κ3) is 3.10. The molecule has 22 heavy (non-hydrogen) atoms. The Morgan fingerprint density at radius 2 is 1.59 bits per heavy atom. The first-order valence-electron chi connectivity index (χ1n) is 7.55. The predicted molar refractivity (Wildman–Crippen MR) is 93.0 cm³/mol. The Kier molecular flexibility index (Phi) is 5.08. The van der Waals surface area contributed by atoms with Crippen molar-refractivity contribution in [1.29, 1.82) is 0 Å². The zero-order valence-corrected chi connectivity index (χ0v) is 14.5. The Balaban J connectivity index is 2.59. The van der Waals surface area contributed by atoms with E-state index in [0.717, 1.165) is 29.3 Å². The molecule has 0 spiro atoms. The summed E-state index contributed by atoms with van der Waals surface area (Å²) >= 11 is 0. The summed E-state index contributed by atoms with van der Waals surface area (Å²) in [5.41, 5.74) is 1.02. The molecule has 4 nitrogen and oxygen atoms in total. The average molecular weight is 320 g/mol. The zero-order valence-electron chi connectivity index (χ0n) is 13.7. The van der Waals surface area contributed by atoms with Crippen LogP contribution >= 0.6 is 0 Å². The number of benzene rings is 2. The second-order valence-corrected chi connectivity index (χ2v) is 7.72. The Labute approximate surface area is 133 Å². The number of anilines is 1. The molecule has 0 bridgehead atoms. The zero-order chi connectivity index (χ0) is 16.3. The number of fused-ring (bicyclic) bond motifs is 1. The molecule has 2 aromatic carbocycles. The maximum Gasteiger partial charge on any atom is 0.243 e. The highest BCUT2D eigenvalue weighted by atomic mass is 32.2. The first-order valence-corrected chi connectivity index (χ1v) is 8.99. The summed E-state index contributed by atoms with van der Waals surface area (Å²) in [6, 6.07) is 11.3. The summed E-state index contributed by atoms with van der Waals surface area (Å²) in [6.45, 7) is 2.60. The van der Waals surface area contributed by atoms with Crippen molar-refractivity contribution in [2.45, 2.75) is 24.7 Å². The second-order valence-electron chi connectivity index (χ2n) is 5.70. The van der Waals surface area contributed by atoms with Crippen LogP contribution in [0.1, 0.15) is 19.8 Å². The Morgan fingerprint density at radius 3 is 2.23 bits per heavy atom. The van der Waals surface area contributed by atoms with Crippen molar-refractivity contribution in [3.63, 3.8) is 0 Å². The van der Waals surface area contributed by atoms with Gasteiger partial charge >= 0.3 is 0 Å². The molecule has 0 atom stereocenters. The van der Waals surface area contributed by atoms with E-state index in [4.69, 9.17) is 0 Å². The lowest BCUT2D eigenvalue weighted by molar-refractivity contribution is 0.460. The lowest BCUT2D eigenvalue weighted by Crippen LogP contribution is -2.28. The molecule has 0 aromatic heterocycles. The number of hydrogen-bond acceptors (Lipinski definition) is 3. The summed E-state index contributed by atoms with van der Waals surface area (Å²) in [5, 5.41) is 1.73. The van der Waals surface area contributed by atoms with E-state index >= 15 is 0 Å². The summed E-state index contributed by atoms with van der Waals surface area (Å²) in [7, 11) is 2.11. The van der Waals surface area contributed by atoms with Gasteiger partial charge in [0, 0.05) is 44.1 Å². The largest absolute Gasteiger partial charge is 0.377 e. The van der Waals surface area contributed by atoms with Gasteiger partial charge in [-0.15, -0.1) is 0 Å². The Morgan fingerprint density at radius 1 is 0.955 bits per heavy atom. The van der Waals surface area contributed by atoms with E-state index in [1.54, 1.807) is 13.1 Å². The van der Waals surface area contributed by atoms with E-state index in [-0.39, 0.29) is 0 Å². The molecule has 0 N–H and O–H groups in total. The molecule has 2 aromatic rings. The van der Waals surface area contributed by atoms with E-state index in [1.165, 1.54) is 4.31 Å². The van der Waals surface area contributed by atoms with Gasteiger partial charge in [0.05, 0.1) is 4.90 Å². The van der Waals surface area contributed by atoms with Crippen molar-refractivity contribution in [3.05, 3.63) is 36.4 Å². The van der Waals surface area contributed by atoms with E-state index < -0.39 is 10.0 Å². The van der Waals surface area contributed by atoms with Gasteiger partial charge in [-0.25, -0.2) is 12.7 Å². The molecule has 0 radical (unpaired) electrons. The van der Waals surface area contributed by atoms with Gasteiger partial charge in [0.25, 0.3) is 0 Å². The van der Waals surface area contributed by atoms with Gasteiger partial charge in [0.1, 0.15) is 0 Å². The van der Waals surface area contributed by atoms with Crippen molar-refractivity contribution in [2.24, 2.45) is 0 Å². The molecule has 120 valence electrons. The van der Waals surface area contributed by atoms with Gasteiger partial charge in [-0.3, -0.25) is 0 Å². The molecule has 5 heteroatoms. The maximum atomic E-state index is 12.8. The first kappa shape index (κ1) is 16.8. The summed E-state index contributed by atoms with van der Waals surface area (Å²) in [5.74, 6) is 0. The summed E-state index contributed by atoms with van der Waals surface area (Å²) in [6.07, 6.45) is 1.84. The van der Waals surface area contributed by atoms with Crippen molar-refractivity contribution >= 4 is 26.5 Å². The van der Waals surface area contributed by atoms with Gasteiger partial charge in [0.2, 0.25) is 10.0 Å². The molecule has 0 aliphatic heterocycles. The van der Waals surface area contributed by atoms with E-state index in [1.807, 2.05) is 49.3 Å². The van der Waals surface area contributed by atoms with Crippen LogP contribution in [0.5, 0.6) is 0 Å². The van der Waals surface area contributed by atoms with Crippen LogP contribution in [0.4, 0.5) is 5.69 Å². The minimum absolute atomic E-state index is 0.382. The fraction of sp³-hybridized carbons (Fsp3) is 0.412. The molecule has 0 aliphatic rings. The van der Waals surface area contributed by atoms with Crippen LogP contribution in [0.15, 0.2) is 41.3 Å². The molecule has 0 fully saturated rings. The van der Waals surface area contributed by atoms with Gasteiger partial charge in [0.15, 0.2) is 0 Å². The third-order valence-corrected chi connectivity index (χ3v) is 5.77. The summed E-state index contributed by atoms with van der Waals surface area (Å²) in [4.78, 5) is 2.38. The standard InChI is InChI=1S/C17H24N2O2S/c1-5-6-13-19(4)22(20,21)17-12-8-9-14-15(17)10-7-11-16(14)18(2)3/h7-12H,5-6,13H2,1-4H3. The van der Waals surface area contributed by atoms with Crippen molar-refractivity contribution in [1.82, 2.24) is 4.31 Å². The number of nitrogens with zero attached hydrogens (tertiary/aromatic N) is 2. The van der Waals surface area contributed by atoms with Crippen LogP contribution < -0.4 is 4.90 Å². The van der Waals surface area contributed by atoms with Gasteiger partial charge in [-0.1, -0.05) is 37.6 Å². The highest BCUT2D eigenvalue weighted by molar-refractivity contribution is 7.89. The van der Waals surface area contributed by atoms with Crippen molar-refractivity contribution < 1.29 is 8.42 Å². The predicted octanol–water partition coefficient (Wildman–Crippen LogP) is 3.33. The van der Waals surface area contributed by atoms with Crippen LogP contribution in [0.3, 0.4) is 0 Å². The van der Waals surface area contributed by atoms with Gasteiger partial charge in [-0.2, -0.15) is 0 Å². The molecule has 0 saturated heterocycles. The molecule has 0 heterocycles. The van der Waals surface area contributed by atoms with Crippen molar-refractivity contribution in [2.75, 3.05) is 32.6 Å². The average Bonchev–Trinajstić information content (AvgIpc) is 2.50. The maximum absolute atomic E-state index is 12.8. The topological polar surface area (TPSA) is 40.6 Å². The normalized spacial score (nSPS) is 12.0. The minimum atomic E-state index is -3.47. The van der Waals surface area contributed by atoms with Gasteiger partial charge < -0.3 is 4.90 Å². The molecule has 0 amide bonds. The highest BCUT2D eigenvalue weighted by Crippen LogP contribution is 2.31. The van der Waals surface area contributed by atoms with Crippen LogP contribution in [-0.4, -0.2) is 40.4 Å². The minimum Gasteiger partial charge on any atom is -0.377 e. The second kappa shape index (κ2) is 6.67. The number of rotatable bonds is 6. The van der Waals surface area contributed by atoms with E-state index in [9.17, 15) is 8.42 Å². The monoisotopic (exact) mass is 320 g/mol. The first-order chi connectivity index (χ1) is 10.4. The lowest BCUT2D eigenvalue weighted by atomic mass is 10.1. The van der Waals surface area contributed by atoms with E-state index in [2.05, 4.69) is 6.92 Å². The molecule has 0 unspecified atom stereocenters. The van der Waals surface area contributed by atoms with Crippen LogP contribution in [-0.2, 0) is 10.0 Å². The van der Waals surface area contributed by atoms with Crippen LogP contribution in [0, 0.1) is 0 Å². The van der Waals surface area contributed by atoms with Crippen LogP contribution in [0.25, 0.3) is 10.8 Å². The molecule has 0 aliphatic carbocycles. The smallest absolute Gasteiger partial charge is 0.243 e. The SMILES string of the molecule is CCCCN(C)S(=O)(=O)c1cccc2c(N(C)C)cccc12. The van der Waals surface area contributed by atoms with Gasteiger partial charge in [-0.05, 0) is 18.6 Å². The fourth-order valence-electron chi connectivity index (χ4n) is 2.55. The van der Waals surface area contributed by atoms with Crippen LogP contribution in [0.2, 0.25) is 0 Å². The number of sulfonamides is 1. The fourth-order valence-corrected chi connectivity index (χ4v) is 3.96. The van der Waals surface area contributed by atoms with Crippen molar-refractivity contribution in [3.8, 4) is 0 Å². The molecule has 2 rings (SSSR count). The highest BCUT2D eigenvalue weighted by Gasteiger charge is 2.23. The van der Waals surface area contributed by atoms with E-state index in [0.29, 0.717) is 11.4 Å². The Hall–Kier alpha value is -1.59.